The molecule has 2 amide bonds. The fraction of sp³-hybridized carbons (Fsp3) is 0.444. The molecule has 0 radical (unpaired) electrons. The van der Waals surface area contributed by atoms with Gasteiger partial charge < -0.3 is 10.2 Å². The summed E-state index contributed by atoms with van der Waals surface area (Å²) in [6.07, 6.45) is 3.48. The number of anilines is 1. The van der Waals surface area contributed by atoms with Crippen molar-refractivity contribution in [3.05, 3.63) is 42.5 Å². The van der Waals surface area contributed by atoms with Gasteiger partial charge in [-0.25, -0.2) is 0 Å². The molecule has 22 heavy (non-hydrogen) atoms. The first kappa shape index (κ1) is 16.3. The van der Waals surface area contributed by atoms with Crippen LogP contribution in [0.1, 0.15) is 44.6 Å². The van der Waals surface area contributed by atoms with E-state index >= 15 is 0 Å². The molecule has 1 aromatic rings. The lowest BCUT2D eigenvalue weighted by Gasteiger charge is -2.22. The number of hydrogen-bond donors (Lipinski definition) is 1. The van der Waals surface area contributed by atoms with Gasteiger partial charge in [-0.15, -0.1) is 0 Å². The van der Waals surface area contributed by atoms with Gasteiger partial charge >= 0.3 is 0 Å². The van der Waals surface area contributed by atoms with Crippen molar-refractivity contribution in [3.8, 4) is 0 Å². The third-order valence-corrected chi connectivity index (χ3v) is 4.12. The standard InChI is InChI=1S/C18H24N2O2/c1-4-18(22)20-11-5-6-16(20)12-17(21)19-15-9-7-14(8-10-15)13(2)3/h4,7-10,13,16H,1,5-6,11-12H2,2-3H3,(H,19,21)/t16-/m1/s1. The van der Waals surface area contributed by atoms with Gasteiger partial charge in [0.05, 0.1) is 0 Å². The van der Waals surface area contributed by atoms with Crippen LogP contribution in [0.15, 0.2) is 36.9 Å². The number of hydrogen-bond acceptors (Lipinski definition) is 2. The van der Waals surface area contributed by atoms with Gasteiger partial charge in [-0.1, -0.05) is 32.6 Å². The van der Waals surface area contributed by atoms with E-state index in [-0.39, 0.29) is 17.9 Å². The maximum atomic E-state index is 12.2. The number of carbonyl (C=O) groups excluding carboxylic acids is 2. The number of carbonyl (C=O) groups is 2. The van der Waals surface area contributed by atoms with Crippen molar-refractivity contribution in [2.24, 2.45) is 0 Å². The summed E-state index contributed by atoms with van der Waals surface area (Å²) in [5, 5.41) is 2.91. The molecule has 1 aliphatic heterocycles. The minimum Gasteiger partial charge on any atom is -0.336 e. The molecule has 0 aliphatic carbocycles. The van der Waals surface area contributed by atoms with Crippen molar-refractivity contribution in [1.29, 1.82) is 0 Å². The molecular formula is C18H24N2O2. The second-order valence-corrected chi connectivity index (χ2v) is 6.06. The number of rotatable bonds is 5. The van der Waals surface area contributed by atoms with Gasteiger partial charge in [0.2, 0.25) is 11.8 Å². The summed E-state index contributed by atoms with van der Waals surface area (Å²) < 4.78 is 0. The molecule has 1 aromatic carbocycles. The quantitative estimate of drug-likeness (QED) is 0.848. The molecule has 0 saturated carbocycles. The Labute approximate surface area is 132 Å². The van der Waals surface area contributed by atoms with E-state index < -0.39 is 0 Å². The summed E-state index contributed by atoms with van der Waals surface area (Å²) in [6, 6.07) is 7.90. The van der Waals surface area contributed by atoms with Gasteiger partial charge in [0.1, 0.15) is 0 Å². The van der Waals surface area contributed by atoms with Gasteiger partial charge in [-0.3, -0.25) is 9.59 Å². The minimum atomic E-state index is -0.0865. The second-order valence-electron chi connectivity index (χ2n) is 6.06. The molecule has 1 saturated heterocycles. The van der Waals surface area contributed by atoms with Crippen molar-refractivity contribution in [1.82, 2.24) is 4.90 Å². The maximum absolute atomic E-state index is 12.2. The van der Waals surface area contributed by atoms with Crippen LogP contribution in [0.5, 0.6) is 0 Å². The molecule has 4 heteroatoms. The van der Waals surface area contributed by atoms with E-state index in [9.17, 15) is 9.59 Å². The third-order valence-electron chi connectivity index (χ3n) is 4.12. The largest absolute Gasteiger partial charge is 0.336 e. The van der Waals surface area contributed by atoms with E-state index in [1.807, 2.05) is 24.3 Å². The Balaban J connectivity index is 1.92. The van der Waals surface area contributed by atoms with Gasteiger partial charge in [-0.2, -0.15) is 0 Å². The zero-order chi connectivity index (χ0) is 16.1. The summed E-state index contributed by atoms with van der Waals surface area (Å²) in [5.74, 6) is 0.337. The first-order valence-electron chi connectivity index (χ1n) is 7.84. The van der Waals surface area contributed by atoms with Crippen molar-refractivity contribution in [2.75, 3.05) is 11.9 Å². The number of amides is 2. The average molecular weight is 300 g/mol. The smallest absolute Gasteiger partial charge is 0.246 e. The fourth-order valence-corrected chi connectivity index (χ4v) is 2.83. The van der Waals surface area contributed by atoms with Crippen molar-refractivity contribution in [3.63, 3.8) is 0 Å². The maximum Gasteiger partial charge on any atom is 0.246 e. The molecule has 0 spiro atoms. The van der Waals surface area contributed by atoms with Gasteiger partial charge in [0.25, 0.3) is 0 Å². The molecule has 1 heterocycles. The molecule has 0 aromatic heterocycles. The van der Waals surface area contributed by atoms with Crippen LogP contribution in [0.3, 0.4) is 0 Å². The van der Waals surface area contributed by atoms with E-state index in [1.54, 1.807) is 4.90 Å². The van der Waals surface area contributed by atoms with Gasteiger partial charge in [0, 0.05) is 24.7 Å². The Bertz CT molecular complexity index is 549. The number of nitrogens with one attached hydrogen (secondary N) is 1. The number of benzene rings is 1. The molecule has 1 atom stereocenters. The molecule has 1 aliphatic rings. The molecule has 4 nitrogen and oxygen atoms in total. The number of likely N-dealkylation sites (tertiary alicyclic amines) is 1. The van der Waals surface area contributed by atoms with E-state index in [0.717, 1.165) is 18.5 Å². The second kappa shape index (κ2) is 7.25. The lowest BCUT2D eigenvalue weighted by molar-refractivity contribution is -0.127. The highest BCUT2D eigenvalue weighted by Gasteiger charge is 2.28. The van der Waals surface area contributed by atoms with E-state index in [4.69, 9.17) is 0 Å². The predicted octanol–water partition coefficient (Wildman–Crippen LogP) is 3.32. The first-order valence-corrected chi connectivity index (χ1v) is 7.84. The van der Waals surface area contributed by atoms with Crippen LogP contribution in [0.4, 0.5) is 5.69 Å². The Kier molecular flexibility index (Phi) is 5.36. The normalized spacial score (nSPS) is 17.6. The summed E-state index contributed by atoms with van der Waals surface area (Å²) in [4.78, 5) is 25.7. The molecule has 1 fully saturated rings. The van der Waals surface area contributed by atoms with Crippen molar-refractivity contribution >= 4 is 17.5 Å². The molecule has 0 unspecified atom stereocenters. The van der Waals surface area contributed by atoms with Crippen LogP contribution in [0.25, 0.3) is 0 Å². The van der Waals surface area contributed by atoms with Gasteiger partial charge in [-0.05, 0) is 42.5 Å². The van der Waals surface area contributed by atoms with Crippen molar-refractivity contribution in [2.45, 2.75) is 45.1 Å². The van der Waals surface area contributed by atoms with Crippen LogP contribution in [-0.2, 0) is 9.59 Å². The summed E-state index contributed by atoms with van der Waals surface area (Å²) in [6.45, 7) is 8.51. The molecule has 2 rings (SSSR count). The Morgan fingerprint density at radius 3 is 2.64 bits per heavy atom. The molecular weight excluding hydrogens is 276 g/mol. The Morgan fingerprint density at radius 1 is 1.36 bits per heavy atom. The summed E-state index contributed by atoms with van der Waals surface area (Å²) in [7, 11) is 0. The minimum absolute atomic E-state index is 0.0135. The van der Waals surface area contributed by atoms with Crippen LogP contribution < -0.4 is 5.32 Å². The highest BCUT2D eigenvalue weighted by Crippen LogP contribution is 2.22. The zero-order valence-corrected chi connectivity index (χ0v) is 13.3. The first-order chi connectivity index (χ1) is 10.5. The SMILES string of the molecule is C=CC(=O)N1CCC[C@@H]1CC(=O)Nc1ccc(C(C)C)cc1. The predicted molar refractivity (Wildman–Crippen MR) is 88.7 cm³/mol. The zero-order valence-electron chi connectivity index (χ0n) is 13.3. The fourth-order valence-electron chi connectivity index (χ4n) is 2.83. The van der Waals surface area contributed by atoms with Crippen LogP contribution in [-0.4, -0.2) is 29.3 Å². The molecule has 1 N–H and O–H groups in total. The monoisotopic (exact) mass is 300 g/mol. The summed E-state index contributed by atoms with van der Waals surface area (Å²) >= 11 is 0. The number of nitrogens with zero attached hydrogens (tertiary/aromatic N) is 1. The van der Waals surface area contributed by atoms with E-state index in [2.05, 4.69) is 25.7 Å². The topological polar surface area (TPSA) is 49.4 Å². The lowest BCUT2D eigenvalue weighted by Crippen LogP contribution is -2.36. The molecule has 118 valence electrons. The highest BCUT2D eigenvalue weighted by molar-refractivity contribution is 5.92. The van der Waals surface area contributed by atoms with Crippen molar-refractivity contribution < 1.29 is 9.59 Å². The average Bonchev–Trinajstić information content (AvgIpc) is 2.95. The molecule has 0 bridgehead atoms. The Hall–Kier alpha value is -2.10. The lowest BCUT2D eigenvalue weighted by atomic mass is 10.0. The van der Waals surface area contributed by atoms with Gasteiger partial charge in [0.15, 0.2) is 0 Å². The Morgan fingerprint density at radius 2 is 2.05 bits per heavy atom. The summed E-state index contributed by atoms with van der Waals surface area (Å²) in [5.41, 5.74) is 2.05. The van der Waals surface area contributed by atoms with Crippen LogP contribution >= 0.6 is 0 Å². The third kappa shape index (κ3) is 3.97. The highest BCUT2D eigenvalue weighted by atomic mass is 16.2. The van der Waals surface area contributed by atoms with E-state index in [0.29, 0.717) is 18.9 Å². The van der Waals surface area contributed by atoms with Crippen LogP contribution in [0, 0.1) is 0 Å². The van der Waals surface area contributed by atoms with E-state index in [1.165, 1.54) is 11.6 Å². The van der Waals surface area contributed by atoms with Crippen LogP contribution in [0.2, 0.25) is 0 Å².